The monoisotopic (exact) mass is 274 g/mol. The van der Waals surface area contributed by atoms with Crippen molar-refractivity contribution in [2.45, 2.75) is 39.0 Å². The minimum atomic E-state index is -0.530. The Bertz CT molecular complexity index is 493. The Morgan fingerprint density at radius 2 is 1.95 bits per heavy atom. The van der Waals surface area contributed by atoms with Crippen molar-refractivity contribution < 1.29 is 14.3 Å². The summed E-state index contributed by atoms with van der Waals surface area (Å²) < 4.78 is 4.69. The summed E-state index contributed by atoms with van der Waals surface area (Å²) in [4.78, 5) is 23.5. The molecule has 1 aliphatic carbocycles. The molecule has 20 heavy (non-hydrogen) atoms. The van der Waals surface area contributed by atoms with Crippen LogP contribution in [-0.4, -0.2) is 18.9 Å². The zero-order valence-electron chi connectivity index (χ0n) is 12.2. The highest BCUT2D eigenvalue weighted by Gasteiger charge is 2.34. The Labute approximate surface area is 120 Å². The number of ketones is 1. The van der Waals surface area contributed by atoms with Crippen LogP contribution in [0.25, 0.3) is 0 Å². The van der Waals surface area contributed by atoms with Gasteiger partial charge in [-0.3, -0.25) is 9.59 Å². The second-order valence-electron chi connectivity index (χ2n) is 5.52. The Morgan fingerprint density at radius 3 is 2.55 bits per heavy atom. The van der Waals surface area contributed by atoms with E-state index in [9.17, 15) is 9.59 Å². The van der Waals surface area contributed by atoms with Gasteiger partial charge in [0.2, 0.25) is 0 Å². The lowest BCUT2D eigenvalue weighted by Gasteiger charge is -2.26. The van der Waals surface area contributed by atoms with Gasteiger partial charge in [0, 0.05) is 6.42 Å². The van der Waals surface area contributed by atoms with Crippen molar-refractivity contribution in [2.24, 2.45) is 11.8 Å². The van der Waals surface area contributed by atoms with Gasteiger partial charge in [0.1, 0.15) is 11.7 Å². The molecule has 0 bridgehead atoms. The van der Waals surface area contributed by atoms with Gasteiger partial charge in [-0.1, -0.05) is 31.2 Å². The van der Waals surface area contributed by atoms with Crippen LogP contribution in [-0.2, 0) is 27.2 Å². The molecule has 1 aromatic rings. The first kappa shape index (κ1) is 14.8. The number of rotatable bonds is 4. The van der Waals surface area contributed by atoms with Crippen LogP contribution in [0.4, 0.5) is 0 Å². The van der Waals surface area contributed by atoms with E-state index in [1.807, 2.05) is 0 Å². The largest absolute Gasteiger partial charge is 0.468 e. The SMILES string of the molecule is CCc1ccccc1CC1CCC(C(=O)OC)C(=O)C1. The van der Waals surface area contributed by atoms with E-state index in [0.717, 1.165) is 19.3 Å². The average Bonchev–Trinajstić information content (AvgIpc) is 2.47. The summed E-state index contributed by atoms with van der Waals surface area (Å²) in [5.41, 5.74) is 2.69. The van der Waals surface area contributed by atoms with Crippen LogP contribution in [0.3, 0.4) is 0 Å². The van der Waals surface area contributed by atoms with Crippen molar-refractivity contribution in [3.05, 3.63) is 35.4 Å². The number of methoxy groups -OCH3 is 1. The number of carbonyl (C=O) groups is 2. The van der Waals surface area contributed by atoms with E-state index in [1.54, 1.807) is 0 Å². The molecule has 3 nitrogen and oxygen atoms in total. The summed E-state index contributed by atoms with van der Waals surface area (Å²) in [7, 11) is 1.35. The Morgan fingerprint density at radius 1 is 1.25 bits per heavy atom. The van der Waals surface area contributed by atoms with E-state index in [-0.39, 0.29) is 11.8 Å². The second-order valence-corrected chi connectivity index (χ2v) is 5.52. The topological polar surface area (TPSA) is 43.4 Å². The Balaban J connectivity index is 2.00. The second kappa shape index (κ2) is 6.69. The smallest absolute Gasteiger partial charge is 0.316 e. The number of carbonyl (C=O) groups excluding carboxylic acids is 2. The summed E-state index contributed by atoms with van der Waals surface area (Å²) in [6.07, 6.45) is 4.00. The maximum atomic E-state index is 12.0. The Hall–Kier alpha value is -1.64. The van der Waals surface area contributed by atoms with E-state index in [1.165, 1.54) is 18.2 Å². The molecule has 2 rings (SSSR count). The molecule has 108 valence electrons. The molecule has 1 fully saturated rings. The lowest BCUT2D eigenvalue weighted by atomic mass is 9.78. The van der Waals surface area contributed by atoms with Gasteiger partial charge < -0.3 is 4.74 Å². The van der Waals surface area contributed by atoms with Gasteiger partial charge in [-0.2, -0.15) is 0 Å². The van der Waals surface area contributed by atoms with Crippen molar-refractivity contribution in [1.29, 1.82) is 0 Å². The van der Waals surface area contributed by atoms with Crippen molar-refractivity contribution in [1.82, 2.24) is 0 Å². The third-order valence-electron chi connectivity index (χ3n) is 4.24. The van der Waals surface area contributed by atoms with E-state index in [0.29, 0.717) is 18.8 Å². The highest BCUT2D eigenvalue weighted by Crippen LogP contribution is 2.30. The highest BCUT2D eigenvalue weighted by atomic mass is 16.5. The van der Waals surface area contributed by atoms with Crippen molar-refractivity contribution in [2.75, 3.05) is 7.11 Å². The lowest BCUT2D eigenvalue weighted by molar-refractivity contribution is -0.151. The normalized spacial score (nSPS) is 22.6. The maximum Gasteiger partial charge on any atom is 0.316 e. The molecular weight excluding hydrogens is 252 g/mol. The summed E-state index contributed by atoms with van der Waals surface area (Å²) in [5.74, 6) is -0.502. The predicted molar refractivity (Wildman–Crippen MR) is 77.4 cm³/mol. The Kier molecular flexibility index (Phi) is 4.94. The number of ether oxygens (including phenoxy) is 1. The minimum Gasteiger partial charge on any atom is -0.468 e. The molecule has 0 amide bonds. The van der Waals surface area contributed by atoms with Crippen LogP contribution in [0.5, 0.6) is 0 Å². The minimum absolute atomic E-state index is 0.0436. The number of aryl methyl sites for hydroxylation is 1. The third-order valence-corrected chi connectivity index (χ3v) is 4.24. The quantitative estimate of drug-likeness (QED) is 0.626. The van der Waals surface area contributed by atoms with Crippen molar-refractivity contribution >= 4 is 11.8 Å². The van der Waals surface area contributed by atoms with E-state index in [4.69, 9.17) is 4.74 Å². The lowest BCUT2D eigenvalue weighted by Crippen LogP contribution is -2.32. The van der Waals surface area contributed by atoms with Gasteiger partial charge in [-0.05, 0) is 42.7 Å². The van der Waals surface area contributed by atoms with Gasteiger partial charge >= 0.3 is 5.97 Å². The molecule has 0 saturated heterocycles. The van der Waals surface area contributed by atoms with Gasteiger partial charge in [0.25, 0.3) is 0 Å². The maximum absolute atomic E-state index is 12.0. The van der Waals surface area contributed by atoms with Crippen LogP contribution in [0.2, 0.25) is 0 Å². The number of Topliss-reactive ketones (excluding diaryl/α,β-unsaturated/α-hetero) is 1. The van der Waals surface area contributed by atoms with E-state index >= 15 is 0 Å². The first-order valence-corrected chi connectivity index (χ1v) is 7.33. The van der Waals surface area contributed by atoms with Crippen LogP contribution in [0.1, 0.15) is 37.3 Å². The zero-order chi connectivity index (χ0) is 14.5. The molecule has 1 aliphatic rings. The fraction of sp³-hybridized carbons (Fsp3) is 0.529. The molecule has 2 atom stereocenters. The molecule has 3 heteroatoms. The first-order valence-electron chi connectivity index (χ1n) is 7.33. The van der Waals surface area contributed by atoms with E-state index in [2.05, 4.69) is 31.2 Å². The summed E-state index contributed by atoms with van der Waals surface area (Å²) in [6, 6.07) is 8.41. The van der Waals surface area contributed by atoms with Crippen LogP contribution in [0.15, 0.2) is 24.3 Å². The molecule has 0 aromatic heterocycles. The fourth-order valence-electron chi connectivity index (χ4n) is 3.07. The molecule has 0 N–H and O–H groups in total. The van der Waals surface area contributed by atoms with Crippen LogP contribution in [0, 0.1) is 11.8 Å². The summed E-state index contributed by atoms with van der Waals surface area (Å²) in [5, 5.41) is 0. The highest BCUT2D eigenvalue weighted by molar-refractivity contribution is 5.99. The van der Waals surface area contributed by atoms with Crippen molar-refractivity contribution in [3.63, 3.8) is 0 Å². The molecule has 2 unspecified atom stereocenters. The molecule has 0 aliphatic heterocycles. The molecular formula is C17H22O3. The predicted octanol–water partition coefficient (Wildman–Crippen LogP) is 2.95. The van der Waals surface area contributed by atoms with Gasteiger partial charge in [-0.15, -0.1) is 0 Å². The summed E-state index contributed by atoms with van der Waals surface area (Å²) in [6.45, 7) is 2.15. The standard InChI is InChI=1S/C17H22O3/c1-3-13-6-4-5-7-14(13)10-12-8-9-15(16(18)11-12)17(19)20-2/h4-7,12,15H,3,8-11H2,1-2H3. The number of hydrogen-bond acceptors (Lipinski definition) is 3. The van der Waals surface area contributed by atoms with Crippen LogP contribution >= 0.6 is 0 Å². The van der Waals surface area contributed by atoms with Crippen molar-refractivity contribution in [3.8, 4) is 0 Å². The van der Waals surface area contributed by atoms with Gasteiger partial charge in [0.15, 0.2) is 0 Å². The first-order chi connectivity index (χ1) is 9.65. The number of benzene rings is 1. The summed E-state index contributed by atoms with van der Waals surface area (Å²) >= 11 is 0. The molecule has 1 saturated carbocycles. The van der Waals surface area contributed by atoms with E-state index < -0.39 is 5.92 Å². The van der Waals surface area contributed by atoms with Gasteiger partial charge in [0.05, 0.1) is 7.11 Å². The molecule has 0 radical (unpaired) electrons. The average molecular weight is 274 g/mol. The zero-order valence-corrected chi connectivity index (χ0v) is 12.2. The molecule has 0 heterocycles. The fourth-order valence-corrected chi connectivity index (χ4v) is 3.07. The molecule has 1 aromatic carbocycles. The molecule has 0 spiro atoms. The number of hydrogen-bond donors (Lipinski definition) is 0. The number of esters is 1. The third kappa shape index (κ3) is 3.27. The van der Waals surface area contributed by atoms with Crippen LogP contribution < -0.4 is 0 Å². The van der Waals surface area contributed by atoms with Gasteiger partial charge in [-0.25, -0.2) is 0 Å².